The van der Waals surface area contributed by atoms with Crippen molar-refractivity contribution in [2.75, 3.05) is 31.2 Å². The Morgan fingerprint density at radius 3 is 2.21 bits per heavy atom. The third-order valence-corrected chi connectivity index (χ3v) is 8.25. The minimum atomic E-state index is -3.62. The average molecular weight is 483 g/mol. The molecular formula is C25H30N4O4S. The minimum absolute atomic E-state index is 0.148. The monoisotopic (exact) mass is 482 g/mol. The van der Waals surface area contributed by atoms with Gasteiger partial charge in [-0.25, -0.2) is 13.4 Å². The van der Waals surface area contributed by atoms with Gasteiger partial charge in [0.15, 0.2) is 0 Å². The molecule has 2 aromatic carbocycles. The Morgan fingerprint density at radius 2 is 1.59 bits per heavy atom. The fraction of sp³-hybridized carbons (Fsp3) is 0.400. The number of benzene rings is 2. The van der Waals surface area contributed by atoms with Gasteiger partial charge in [0.1, 0.15) is 5.71 Å². The summed E-state index contributed by atoms with van der Waals surface area (Å²) < 4.78 is 27.6. The van der Waals surface area contributed by atoms with Crippen LogP contribution < -0.4 is 5.01 Å². The summed E-state index contributed by atoms with van der Waals surface area (Å²) in [5, 5.41) is 5.70. The molecule has 8 nitrogen and oxygen atoms in total. The van der Waals surface area contributed by atoms with Crippen molar-refractivity contribution in [1.29, 1.82) is 0 Å². The number of anilines is 1. The number of hydrazone groups is 1. The molecule has 2 amide bonds. The third kappa shape index (κ3) is 4.76. The summed E-state index contributed by atoms with van der Waals surface area (Å²) in [5.41, 5.74) is 2.97. The Labute approximate surface area is 200 Å². The summed E-state index contributed by atoms with van der Waals surface area (Å²) in [5.74, 6) is -0.0688. The van der Waals surface area contributed by atoms with Crippen LogP contribution in [0.4, 0.5) is 5.69 Å². The van der Waals surface area contributed by atoms with E-state index in [0.29, 0.717) is 17.3 Å². The molecule has 2 aliphatic rings. The lowest BCUT2D eigenvalue weighted by atomic mass is 10.0. The maximum Gasteiger partial charge on any atom is 0.270 e. The quantitative estimate of drug-likeness (QED) is 0.655. The first-order valence-corrected chi connectivity index (χ1v) is 13.0. The van der Waals surface area contributed by atoms with E-state index in [9.17, 15) is 18.0 Å². The normalized spacial score (nSPS) is 17.8. The zero-order valence-electron chi connectivity index (χ0n) is 19.8. The maximum absolute atomic E-state index is 13.1. The smallest absolute Gasteiger partial charge is 0.270 e. The highest BCUT2D eigenvalue weighted by Gasteiger charge is 2.33. The molecular weight excluding hydrogens is 452 g/mol. The molecule has 0 bridgehead atoms. The van der Waals surface area contributed by atoms with Crippen LogP contribution in [0.25, 0.3) is 0 Å². The van der Waals surface area contributed by atoms with E-state index in [1.165, 1.54) is 9.31 Å². The lowest BCUT2D eigenvalue weighted by molar-refractivity contribution is -0.125. The predicted molar refractivity (Wildman–Crippen MR) is 131 cm³/mol. The van der Waals surface area contributed by atoms with Crippen LogP contribution in [0.2, 0.25) is 0 Å². The summed E-state index contributed by atoms with van der Waals surface area (Å²) in [4.78, 5) is 27.5. The number of hydrogen-bond acceptors (Lipinski definition) is 5. The second-order valence-corrected chi connectivity index (χ2v) is 10.9. The van der Waals surface area contributed by atoms with Gasteiger partial charge in [0.05, 0.1) is 10.6 Å². The van der Waals surface area contributed by atoms with Crippen LogP contribution in [0.1, 0.15) is 43.7 Å². The van der Waals surface area contributed by atoms with Crippen LogP contribution in [0.15, 0.2) is 58.5 Å². The molecule has 0 spiro atoms. The number of nitrogens with zero attached hydrogens (tertiary/aromatic N) is 4. The summed E-state index contributed by atoms with van der Waals surface area (Å²) in [6, 6.07) is 14.4. The number of hydrogen-bond donors (Lipinski definition) is 0. The molecule has 4 rings (SSSR count). The molecule has 1 fully saturated rings. The molecule has 2 aromatic rings. The molecule has 0 N–H and O–H groups in total. The maximum atomic E-state index is 13.1. The van der Waals surface area contributed by atoms with Gasteiger partial charge < -0.3 is 4.90 Å². The molecule has 0 unspecified atom stereocenters. The summed E-state index contributed by atoms with van der Waals surface area (Å²) in [6.07, 6.45) is 0.486. The van der Waals surface area contributed by atoms with Crippen molar-refractivity contribution in [3.63, 3.8) is 0 Å². The van der Waals surface area contributed by atoms with E-state index in [0.717, 1.165) is 11.1 Å². The summed E-state index contributed by atoms with van der Waals surface area (Å²) >= 11 is 0. The molecule has 0 aromatic heterocycles. The number of para-hydroxylation sites is 1. The number of amides is 2. The molecule has 34 heavy (non-hydrogen) atoms. The van der Waals surface area contributed by atoms with Crippen molar-refractivity contribution in [3.8, 4) is 0 Å². The van der Waals surface area contributed by atoms with Crippen molar-refractivity contribution in [3.05, 3.63) is 59.7 Å². The first-order valence-electron chi connectivity index (χ1n) is 11.5. The largest absolute Gasteiger partial charge is 0.335 e. The van der Waals surface area contributed by atoms with E-state index in [4.69, 9.17) is 0 Å². The van der Waals surface area contributed by atoms with Crippen LogP contribution >= 0.6 is 0 Å². The second-order valence-electron chi connectivity index (χ2n) is 8.96. The van der Waals surface area contributed by atoms with Gasteiger partial charge in [-0.2, -0.15) is 9.41 Å². The first kappa shape index (κ1) is 24.1. The molecule has 0 saturated carbocycles. The number of aryl methyl sites for hydroxylation is 1. The Kier molecular flexibility index (Phi) is 6.86. The topological polar surface area (TPSA) is 90.4 Å². The van der Waals surface area contributed by atoms with Crippen molar-refractivity contribution < 1.29 is 18.0 Å². The molecule has 0 atom stereocenters. The van der Waals surface area contributed by atoms with E-state index in [2.05, 4.69) is 18.9 Å². The molecule has 0 radical (unpaired) electrons. The molecule has 2 heterocycles. The van der Waals surface area contributed by atoms with E-state index in [1.54, 1.807) is 17.0 Å². The second kappa shape index (κ2) is 9.68. The highest BCUT2D eigenvalue weighted by Crippen LogP contribution is 2.25. The number of rotatable bonds is 5. The Hall–Kier alpha value is -3.04. The van der Waals surface area contributed by atoms with Crippen LogP contribution in [0.5, 0.6) is 0 Å². The molecule has 2 aliphatic heterocycles. The zero-order valence-corrected chi connectivity index (χ0v) is 20.6. The molecule has 180 valence electrons. The summed E-state index contributed by atoms with van der Waals surface area (Å²) in [7, 11) is -3.62. The number of sulfonamides is 1. The Morgan fingerprint density at radius 1 is 0.941 bits per heavy atom. The fourth-order valence-electron chi connectivity index (χ4n) is 4.18. The standard InChI is InChI=1S/C25H30N4O4S/c1-18(2)20-8-10-21(11-9-20)34(32,33)28-16-14-27(15-17-28)25(31)22-12-13-24(30)29(26-22)23-7-5-4-6-19(23)3/h4-11,18H,12-17H2,1-3H3. The van der Waals surface area contributed by atoms with Gasteiger partial charge in [0, 0.05) is 39.0 Å². The van der Waals surface area contributed by atoms with E-state index in [1.807, 2.05) is 43.3 Å². The van der Waals surface area contributed by atoms with Crippen molar-refractivity contribution in [1.82, 2.24) is 9.21 Å². The van der Waals surface area contributed by atoms with Gasteiger partial charge in [-0.1, -0.05) is 44.2 Å². The van der Waals surface area contributed by atoms with Crippen molar-refractivity contribution in [2.24, 2.45) is 5.10 Å². The number of carbonyl (C=O) groups is 2. The Balaban J connectivity index is 1.44. The lowest BCUT2D eigenvalue weighted by Crippen LogP contribution is -2.52. The number of piperazine rings is 1. The number of carbonyl (C=O) groups excluding carboxylic acids is 2. The third-order valence-electron chi connectivity index (χ3n) is 6.33. The fourth-order valence-corrected chi connectivity index (χ4v) is 5.61. The van der Waals surface area contributed by atoms with Gasteiger partial charge in [0.2, 0.25) is 15.9 Å². The van der Waals surface area contributed by atoms with Crippen LogP contribution in [0.3, 0.4) is 0 Å². The average Bonchev–Trinajstić information content (AvgIpc) is 2.84. The van der Waals surface area contributed by atoms with Crippen molar-refractivity contribution in [2.45, 2.75) is 44.4 Å². The minimum Gasteiger partial charge on any atom is -0.335 e. The van der Waals surface area contributed by atoms with E-state index in [-0.39, 0.29) is 55.7 Å². The summed E-state index contributed by atoms with van der Waals surface area (Å²) in [6.45, 7) is 7.00. The van der Waals surface area contributed by atoms with Crippen LogP contribution in [0, 0.1) is 6.92 Å². The van der Waals surface area contributed by atoms with E-state index < -0.39 is 10.0 Å². The van der Waals surface area contributed by atoms with Crippen LogP contribution in [-0.4, -0.2) is 61.3 Å². The van der Waals surface area contributed by atoms with E-state index >= 15 is 0 Å². The molecule has 1 saturated heterocycles. The van der Waals surface area contributed by atoms with Crippen molar-refractivity contribution >= 4 is 33.2 Å². The van der Waals surface area contributed by atoms with Crippen LogP contribution in [-0.2, 0) is 19.6 Å². The van der Waals surface area contributed by atoms with Gasteiger partial charge in [-0.15, -0.1) is 0 Å². The highest BCUT2D eigenvalue weighted by atomic mass is 32.2. The van der Waals surface area contributed by atoms with Gasteiger partial charge in [-0.05, 0) is 42.2 Å². The van der Waals surface area contributed by atoms with Gasteiger partial charge in [-0.3, -0.25) is 9.59 Å². The molecule has 9 heteroatoms. The SMILES string of the molecule is Cc1ccccc1N1N=C(C(=O)N2CCN(S(=O)(=O)c3ccc(C(C)C)cc3)CC2)CCC1=O. The lowest BCUT2D eigenvalue weighted by Gasteiger charge is -2.35. The Bertz CT molecular complexity index is 1210. The van der Waals surface area contributed by atoms with Gasteiger partial charge in [0.25, 0.3) is 5.91 Å². The predicted octanol–water partition coefficient (Wildman–Crippen LogP) is 3.13. The molecule has 0 aliphatic carbocycles. The highest BCUT2D eigenvalue weighted by molar-refractivity contribution is 7.89. The first-order chi connectivity index (χ1) is 16.2. The zero-order chi connectivity index (χ0) is 24.5. The van der Waals surface area contributed by atoms with Gasteiger partial charge >= 0.3 is 0 Å².